The average Bonchev–Trinajstić information content (AvgIpc) is 2.30. The van der Waals surface area contributed by atoms with Crippen molar-refractivity contribution in [3.8, 4) is 6.07 Å². The summed E-state index contributed by atoms with van der Waals surface area (Å²) >= 11 is 2.98. The molecule has 10 heavy (non-hydrogen) atoms. The molecule has 2 unspecified atom stereocenters. The Bertz CT molecular complexity index is 196. The summed E-state index contributed by atoms with van der Waals surface area (Å²) in [7, 11) is 0. The lowest BCUT2D eigenvalue weighted by atomic mass is 10.4. The molecule has 1 rings (SSSR count). The van der Waals surface area contributed by atoms with Crippen molar-refractivity contribution in [3.05, 3.63) is 0 Å². The van der Waals surface area contributed by atoms with Crippen LogP contribution >= 0.6 is 23.5 Å². The van der Waals surface area contributed by atoms with Crippen LogP contribution in [0.5, 0.6) is 0 Å². The van der Waals surface area contributed by atoms with Crippen LogP contribution in [0.2, 0.25) is 0 Å². The molecule has 0 spiro atoms. The highest BCUT2D eigenvalue weighted by Gasteiger charge is 2.26. The summed E-state index contributed by atoms with van der Waals surface area (Å²) < 4.78 is 0.916. The molecule has 0 radical (unpaired) electrons. The zero-order chi connectivity index (χ0) is 7.56. The monoisotopic (exact) mass is 173 g/mol. The Balaban J connectivity index is 2.59. The summed E-state index contributed by atoms with van der Waals surface area (Å²) in [4.78, 5) is 4.06. The molecule has 0 aliphatic carbocycles. The number of thioether (sulfide) groups is 2. The number of nitriles is 1. The van der Waals surface area contributed by atoms with E-state index < -0.39 is 0 Å². The molecule has 2 N–H and O–H groups in total. The van der Waals surface area contributed by atoms with Gasteiger partial charge in [0.25, 0.3) is 0 Å². The van der Waals surface area contributed by atoms with Gasteiger partial charge in [-0.15, -0.1) is 11.8 Å². The lowest BCUT2D eigenvalue weighted by molar-refractivity contribution is 0.759. The molecule has 0 bridgehead atoms. The first kappa shape index (κ1) is 7.92. The van der Waals surface area contributed by atoms with Crippen molar-refractivity contribution in [2.75, 3.05) is 6.26 Å². The Hall–Kier alpha value is -0.180. The fourth-order valence-corrected chi connectivity index (χ4v) is 2.18. The van der Waals surface area contributed by atoms with Gasteiger partial charge in [-0.25, -0.2) is 0 Å². The first-order valence-corrected chi connectivity index (χ1v) is 4.82. The number of nitrogens with zero attached hydrogens (tertiary/aromatic N) is 2. The van der Waals surface area contributed by atoms with Crippen LogP contribution in [0.3, 0.4) is 0 Å². The third-order valence-electron chi connectivity index (χ3n) is 1.09. The van der Waals surface area contributed by atoms with Crippen LogP contribution in [0, 0.1) is 11.3 Å². The van der Waals surface area contributed by atoms with E-state index in [-0.39, 0.29) is 11.4 Å². The van der Waals surface area contributed by atoms with Gasteiger partial charge in [0.05, 0.1) is 6.07 Å². The van der Waals surface area contributed by atoms with Crippen molar-refractivity contribution in [1.82, 2.24) is 0 Å². The quantitative estimate of drug-likeness (QED) is 0.583. The summed E-state index contributed by atoms with van der Waals surface area (Å²) in [6.45, 7) is 0. The number of hydrogen-bond acceptors (Lipinski definition) is 5. The van der Waals surface area contributed by atoms with E-state index in [9.17, 15) is 0 Å². The molecule has 0 saturated carbocycles. The standard InChI is InChI=1S/C5H7N3S2/c1-9-5-8-4(7)3(2-6)10-5/h3-4H,7H2,1H3. The molecule has 0 fully saturated rings. The van der Waals surface area contributed by atoms with Crippen LogP contribution in [-0.2, 0) is 0 Å². The Morgan fingerprint density at radius 2 is 2.60 bits per heavy atom. The molecule has 0 saturated heterocycles. The second-order valence-electron chi connectivity index (χ2n) is 1.76. The van der Waals surface area contributed by atoms with E-state index in [1.807, 2.05) is 6.26 Å². The molecule has 1 aliphatic heterocycles. The molecule has 0 aromatic heterocycles. The van der Waals surface area contributed by atoms with Gasteiger partial charge < -0.3 is 5.73 Å². The second kappa shape index (κ2) is 3.28. The Morgan fingerprint density at radius 1 is 1.90 bits per heavy atom. The Morgan fingerprint density at radius 3 is 2.90 bits per heavy atom. The molecule has 2 atom stereocenters. The molecule has 1 heterocycles. The summed E-state index contributed by atoms with van der Waals surface area (Å²) in [6.07, 6.45) is 1.61. The van der Waals surface area contributed by atoms with E-state index in [4.69, 9.17) is 11.0 Å². The van der Waals surface area contributed by atoms with Crippen molar-refractivity contribution in [2.45, 2.75) is 11.4 Å². The zero-order valence-electron chi connectivity index (χ0n) is 5.44. The molecular formula is C5H7N3S2. The molecule has 5 heteroatoms. The highest BCUT2D eigenvalue weighted by Crippen LogP contribution is 2.28. The number of aliphatic imine (C=N–C) groups is 1. The summed E-state index contributed by atoms with van der Waals surface area (Å²) in [6, 6.07) is 2.09. The largest absolute Gasteiger partial charge is 0.308 e. The minimum absolute atomic E-state index is 0.178. The topological polar surface area (TPSA) is 62.2 Å². The molecule has 0 aromatic carbocycles. The highest BCUT2D eigenvalue weighted by atomic mass is 32.2. The minimum atomic E-state index is -0.322. The minimum Gasteiger partial charge on any atom is -0.308 e. The molecule has 54 valence electrons. The van der Waals surface area contributed by atoms with Crippen molar-refractivity contribution < 1.29 is 0 Å². The van der Waals surface area contributed by atoms with E-state index in [0.717, 1.165) is 4.38 Å². The second-order valence-corrected chi connectivity index (χ2v) is 3.94. The van der Waals surface area contributed by atoms with Crippen molar-refractivity contribution in [1.29, 1.82) is 5.26 Å². The summed E-state index contributed by atoms with van der Waals surface area (Å²) in [5, 5.41) is 8.34. The van der Waals surface area contributed by atoms with E-state index in [1.54, 1.807) is 0 Å². The third kappa shape index (κ3) is 1.45. The maximum atomic E-state index is 8.52. The van der Waals surface area contributed by atoms with Crippen molar-refractivity contribution >= 4 is 27.9 Å². The number of hydrogen-bond donors (Lipinski definition) is 1. The predicted molar refractivity (Wildman–Crippen MR) is 45.9 cm³/mol. The third-order valence-corrected chi connectivity index (χ3v) is 3.28. The van der Waals surface area contributed by atoms with E-state index in [1.165, 1.54) is 23.5 Å². The van der Waals surface area contributed by atoms with Gasteiger partial charge >= 0.3 is 0 Å². The molecule has 0 amide bonds. The van der Waals surface area contributed by atoms with Gasteiger partial charge in [-0.1, -0.05) is 11.8 Å². The lowest BCUT2D eigenvalue weighted by Crippen LogP contribution is -2.25. The van der Waals surface area contributed by atoms with Gasteiger partial charge in [0.2, 0.25) is 0 Å². The van der Waals surface area contributed by atoms with Crippen LogP contribution in [0.25, 0.3) is 0 Å². The summed E-state index contributed by atoms with van der Waals surface area (Å²) in [5.74, 6) is 0. The van der Waals surface area contributed by atoms with Crippen LogP contribution in [0.4, 0.5) is 0 Å². The summed E-state index contributed by atoms with van der Waals surface area (Å²) in [5.41, 5.74) is 5.51. The molecular weight excluding hydrogens is 166 g/mol. The van der Waals surface area contributed by atoms with Crippen LogP contribution in [0.1, 0.15) is 0 Å². The van der Waals surface area contributed by atoms with E-state index in [0.29, 0.717) is 0 Å². The van der Waals surface area contributed by atoms with Crippen LogP contribution in [0.15, 0.2) is 4.99 Å². The number of nitrogens with two attached hydrogens (primary N) is 1. The average molecular weight is 173 g/mol. The Labute approximate surface area is 68.1 Å². The van der Waals surface area contributed by atoms with Crippen LogP contribution < -0.4 is 5.73 Å². The van der Waals surface area contributed by atoms with Crippen molar-refractivity contribution in [2.24, 2.45) is 10.7 Å². The van der Waals surface area contributed by atoms with Gasteiger partial charge in [-0.05, 0) is 6.26 Å². The van der Waals surface area contributed by atoms with Gasteiger partial charge in [0, 0.05) is 0 Å². The highest BCUT2D eigenvalue weighted by molar-refractivity contribution is 8.39. The van der Waals surface area contributed by atoms with E-state index in [2.05, 4.69) is 11.1 Å². The SMILES string of the molecule is CSC1=NC(N)C(C#N)S1. The first-order chi connectivity index (χ1) is 4.77. The van der Waals surface area contributed by atoms with Crippen LogP contribution in [-0.4, -0.2) is 22.0 Å². The van der Waals surface area contributed by atoms with Gasteiger partial charge in [0.15, 0.2) is 0 Å². The smallest absolute Gasteiger partial charge is 0.133 e. The molecule has 0 aromatic rings. The zero-order valence-corrected chi connectivity index (χ0v) is 7.08. The maximum absolute atomic E-state index is 8.52. The van der Waals surface area contributed by atoms with E-state index >= 15 is 0 Å². The predicted octanol–water partition coefficient (Wildman–Crippen LogP) is 0.629. The Kier molecular flexibility index (Phi) is 2.60. The normalized spacial score (nSPS) is 31.5. The van der Waals surface area contributed by atoms with Gasteiger partial charge in [-0.3, -0.25) is 4.99 Å². The number of rotatable bonds is 0. The molecule has 1 aliphatic rings. The van der Waals surface area contributed by atoms with Gasteiger partial charge in [-0.2, -0.15) is 5.26 Å². The van der Waals surface area contributed by atoms with Crippen molar-refractivity contribution in [3.63, 3.8) is 0 Å². The maximum Gasteiger partial charge on any atom is 0.133 e. The fourth-order valence-electron chi connectivity index (χ4n) is 0.602. The first-order valence-electron chi connectivity index (χ1n) is 2.71. The fraction of sp³-hybridized carbons (Fsp3) is 0.600. The van der Waals surface area contributed by atoms with Gasteiger partial charge in [0.1, 0.15) is 15.8 Å². The molecule has 3 nitrogen and oxygen atoms in total. The lowest BCUT2D eigenvalue weighted by Gasteiger charge is -1.99.